The molecule has 9 heteroatoms. The van der Waals surface area contributed by atoms with Gasteiger partial charge in [-0.05, 0) is 83.0 Å². The lowest BCUT2D eigenvalue weighted by Gasteiger charge is -2.06. The summed E-state index contributed by atoms with van der Waals surface area (Å²) in [7, 11) is 0. The molecular formula is C25H20BrClN4O2S. The van der Waals surface area contributed by atoms with Crippen molar-refractivity contribution in [2.24, 2.45) is 5.10 Å². The first-order valence-corrected chi connectivity index (χ1v) is 12.4. The zero-order valence-electron chi connectivity index (χ0n) is 18.1. The number of carbonyl (C=O) groups excluding carboxylic acids is 1. The number of ether oxygens (including phenoxy) is 1. The van der Waals surface area contributed by atoms with Gasteiger partial charge >= 0.3 is 0 Å². The number of nitrogens with one attached hydrogen (secondary N) is 2. The van der Waals surface area contributed by atoms with Crippen LogP contribution in [0.1, 0.15) is 22.8 Å². The zero-order chi connectivity index (χ0) is 23.9. The standard InChI is InChI=1S/C25H20BrClN4O2S/c1-2-33-23-12-3-16(13-21(23)26)14-28-31-24(32)18-6-4-17(5-7-18)22-15-34-25(30-22)29-20-10-8-19(27)9-11-20/h3-15H,2H2,1H3,(H,29,30)(H,31,32)/b28-14-. The molecule has 4 aromatic rings. The maximum absolute atomic E-state index is 12.4. The van der Waals surface area contributed by atoms with E-state index in [1.807, 2.05) is 66.9 Å². The average molecular weight is 556 g/mol. The summed E-state index contributed by atoms with van der Waals surface area (Å²) in [6.07, 6.45) is 1.58. The minimum atomic E-state index is -0.295. The Morgan fingerprint density at radius 1 is 1.15 bits per heavy atom. The Kier molecular flexibility index (Phi) is 7.95. The lowest BCUT2D eigenvalue weighted by Crippen LogP contribution is -2.17. The number of aromatic nitrogens is 1. The average Bonchev–Trinajstić information content (AvgIpc) is 3.31. The summed E-state index contributed by atoms with van der Waals surface area (Å²) in [6.45, 7) is 2.52. The third-order valence-electron chi connectivity index (χ3n) is 4.68. The van der Waals surface area contributed by atoms with Crippen molar-refractivity contribution >= 4 is 61.8 Å². The first-order valence-electron chi connectivity index (χ1n) is 10.4. The zero-order valence-corrected chi connectivity index (χ0v) is 21.2. The predicted octanol–water partition coefficient (Wildman–Crippen LogP) is 7.13. The molecule has 0 saturated carbocycles. The van der Waals surface area contributed by atoms with Crippen LogP contribution in [0.2, 0.25) is 5.02 Å². The Labute approximate surface area is 214 Å². The summed E-state index contributed by atoms with van der Waals surface area (Å²) >= 11 is 10.9. The molecule has 2 N–H and O–H groups in total. The van der Waals surface area contributed by atoms with Crippen LogP contribution in [-0.4, -0.2) is 23.7 Å². The normalized spacial score (nSPS) is 10.9. The van der Waals surface area contributed by atoms with Gasteiger partial charge in [-0.25, -0.2) is 10.4 Å². The molecule has 0 fully saturated rings. The fraction of sp³-hybridized carbons (Fsp3) is 0.0800. The molecule has 0 spiro atoms. The van der Waals surface area contributed by atoms with E-state index in [1.165, 1.54) is 11.3 Å². The van der Waals surface area contributed by atoms with Crippen molar-refractivity contribution in [3.8, 4) is 17.0 Å². The highest BCUT2D eigenvalue weighted by molar-refractivity contribution is 9.10. The number of hydrogen-bond donors (Lipinski definition) is 2. The molecular weight excluding hydrogens is 536 g/mol. The molecule has 0 aliphatic heterocycles. The highest BCUT2D eigenvalue weighted by atomic mass is 79.9. The van der Waals surface area contributed by atoms with Gasteiger partial charge in [0.2, 0.25) is 0 Å². The minimum absolute atomic E-state index is 0.295. The Morgan fingerprint density at radius 3 is 2.62 bits per heavy atom. The highest BCUT2D eigenvalue weighted by Crippen LogP contribution is 2.28. The van der Waals surface area contributed by atoms with Crippen molar-refractivity contribution in [2.45, 2.75) is 6.92 Å². The van der Waals surface area contributed by atoms with E-state index in [1.54, 1.807) is 18.3 Å². The van der Waals surface area contributed by atoms with Gasteiger partial charge in [0.1, 0.15) is 5.75 Å². The molecule has 0 atom stereocenters. The molecule has 34 heavy (non-hydrogen) atoms. The minimum Gasteiger partial charge on any atom is -0.493 e. The van der Waals surface area contributed by atoms with Crippen molar-refractivity contribution in [1.82, 2.24) is 10.4 Å². The van der Waals surface area contributed by atoms with E-state index in [2.05, 4.69) is 36.8 Å². The van der Waals surface area contributed by atoms with Crippen LogP contribution in [0.15, 0.2) is 81.7 Å². The van der Waals surface area contributed by atoms with E-state index in [4.69, 9.17) is 16.3 Å². The van der Waals surface area contributed by atoms with Crippen molar-refractivity contribution in [1.29, 1.82) is 0 Å². The Morgan fingerprint density at radius 2 is 1.91 bits per heavy atom. The second kappa shape index (κ2) is 11.3. The summed E-state index contributed by atoms with van der Waals surface area (Å²) in [5, 5.41) is 10.7. The number of hydrazone groups is 1. The predicted molar refractivity (Wildman–Crippen MR) is 143 cm³/mol. The first kappa shape index (κ1) is 23.9. The third-order valence-corrected chi connectivity index (χ3v) is 6.31. The molecule has 6 nitrogen and oxygen atoms in total. The van der Waals surface area contributed by atoms with Crippen LogP contribution in [0, 0.1) is 0 Å². The molecule has 172 valence electrons. The van der Waals surface area contributed by atoms with Crippen LogP contribution in [0.3, 0.4) is 0 Å². The maximum Gasteiger partial charge on any atom is 0.271 e. The van der Waals surface area contributed by atoms with Crippen LogP contribution in [-0.2, 0) is 0 Å². The van der Waals surface area contributed by atoms with Crippen LogP contribution in [0.4, 0.5) is 10.8 Å². The van der Waals surface area contributed by atoms with Gasteiger partial charge in [-0.15, -0.1) is 11.3 Å². The number of amides is 1. The van der Waals surface area contributed by atoms with Gasteiger partial charge in [0.15, 0.2) is 5.13 Å². The van der Waals surface area contributed by atoms with Crippen molar-refractivity contribution < 1.29 is 9.53 Å². The fourth-order valence-corrected chi connectivity index (χ4v) is 4.39. The van der Waals surface area contributed by atoms with E-state index < -0.39 is 0 Å². The SMILES string of the molecule is CCOc1ccc(/C=N\NC(=O)c2ccc(-c3csc(Nc4ccc(Cl)cc4)n3)cc2)cc1Br. The van der Waals surface area contributed by atoms with Gasteiger partial charge in [-0.1, -0.05) is 23.7 Å². The summed E-state index contributed by atoms with van der Waals surface area (Å²) in [5.41, 5.74) is 6.54. The fourth-order valence-electron chi connectivity index (χ4n) is 3.01. The number of rotatable bonds is 8. The molecule has 0 saturated heterocycles. The molecule has 0 bridgehead atoms. The van der Waals surface area contributed by atoms with E-state index in [-0.39, 0.29) is 5.91 Å². The highest BCUT2D eigenvalue weighted by Gasteiger charge is 2.08. The molecule has 1 heterocycles. The van der Waals surface area contributed by atoms with Crippen LogP contribution >= 0.6 is 38.9 Å². The summed E-state index contributed by atoms with van der Waals surface area (Å²) in [4.78, 5) is 17.1. The van der Waals surface area contributed by atoms with E-state index in [9.17, 15) is 4.79 Å². The third kappa shape index (κ3) is 6.22. The van der Waals surface area contributed by atoms with E-state index >= 15 is 0 Å². The summed E-state index contributed by atoms with van der Waals surface area (Å²) in [5.74, 6) is 0.466. The first-order chi connectivity index (χ1) is 16.5. The number of nitrogens with zero attached hydrogens (tertiary/aromatic N) is 2. The molecule has 0 radical (unpaired) electrons. The topological polar surface area (TPSA) is 75.6 Å². The monoisotopic (exact) mass is 554 g/mol. The van der Waals surface area contributed by atoms with Gasteiger partial charge < -0.3 is 10.1 Å². The van der Waals surface area contributed by atoms with Crippen molar-refractivity contribution in [2.75, 3.05) is 11.9 Å². The smallest absolute Gasteiger partial charge is 0.271 e. The largest absolute Gasteiger partial charge is 0.493 e. The van der Waals surface area contributed by atoms with E-state index in [0.717, 1.165) is 37.9 Å². The van der Waals surface area contributed by atoms with Gasteiger partial charge in [-0.3, -0.25) is 4.79 Å². The molecule has 1 amide bonds. The Bertz CT molecular complexity index is 1310. The molecule has 0 aliphatic rings. The number of thiazole rings is 1. The molecule has 3 aromatic carbocycles. The summed E-state index contributed by atoms with van der Waals surface area (Å²) in [6, 6.07) is 20.3. The van der Waals surface area contributed by atoms with Gasteiger partial charge in [0.05, 0.1) is 23.0 Å². The molecule has 0 aliphatic carbocycles. The number of hydrogen-bond acceptors (Lipinski definition) is 6. The van der Waals surface area contributed by atoms with Crippen molar-refractivity contribution in [3.63, 3.8) is 0 Å². The number of anilines is 2. The second-order valence-corrected chi connectivity index (χ2v) is 9.22. The quantitative estimate of drug-likeness (QED) is 0.179. The Balaban J connectivity index is 1.35. The van der Waals surface area contributed by atoms with Gasteiger partial charge in [-0.2, -0.15) is 5.10 Å². The van der Waals surface area contributed by atoms with Crippen LogP contribution in [0.25, 0.3) is 11.3 Å². The molecule has 4 rings (SSSR count). The summed E-state index contributed by atoms with van der Waals surface area (Å²) < 4.78 is 6.32. The number of benzene rings is 3. The second-order valence-electron chi connectivity index (χ2n) is 7.07. The van der Waals surface area contributed by atoms with E-state index in [0.29, 0.717) is 17.2 Å². The van der Waals surface area contributed by atoms with Crippen molar-refractivity contribution in [3.05, 3.63) is 92.7 Å². The van der Waals surface area contributed by atoms with Crippen LogP contribution in [0.5, 0.6) is 5.75 Å². The van der Waals surface area contributed by atoms with Crippen LogP contribution < -0.4 is 15.5 Å². The number of carbonyl (C=O) groups is 1. The molecule has 1 aromatic heterocycles. The lowest BCUT2D eigenvalue weighted by atomic mass is 10.1. The maximum atomic E-state index is 12.4. The molecule has 0 unspecified atom stereocenters. The number of halogens is 2. The van der Waals surface area contributed by atoms with Gasteiger partial charge in [0.25, 0.3) is 5.91 Å². The lowest BCUT2D eigenvalue weighted by molar-refractivity contribution is 0.0955. The van der Waals surface area contributed by atoms with Gasteiger partial charge in [0, 0.05) is 27.2 Å². The Hall–Kier alpha value is -3.20.